The molecule has 0 radical (unpaired) electrons. The van der Waals surface area contributed by atoms with E-state index in [9.17, 15) is 10.1 Å². The lowest BCUT2D eigenvalue weighted by Crippen LogP contribution is -2.37. The molecule has 0 fully saturated rings. The van der Waals surface area contributed by atoms with Crippen molar-refractivity contribution in [2.45, 2.75) is 13.1 Å². The Hall–Kier alpha value is -4.07. The zero-order chi connectivity index (χ0) is 21.8. The summed E-state index contributed by atoms with van der Waals surface area (Å²) < 4.78 is 15.1. The van der Waals surface area contributed by atoms with Gasteiger partial charge in [0.2, 0.25) is 0 Å². The Balaban J connectivity index is 1.55. The number of hydrogen-bond donors (Lipinski definition) is 1. The molecule has 0 atom stereocenters. The highest BCUT2D eigenvalue weighted by Crippen LogP contribution is 2.20. The van der Waals surface area contributed by atoms with E-state index < -0.39 is 4.92 Å². The average Bonchev–Trinajstić information content (AvgIpc) is 3.06. The van der Waals surface area contributed by atoms with Crippen molar-refractivity contribution in [3.63, 3.8) is 0 Å². The molecule has 4 aromatic rings. The summed E-state index contributed by atoms with van der Waals surface area (Å²) >= 11 is 0. The Kier molecular flexibility index (Phi) is 5.70. The number of benzene rings is 3. The maximum atomic E-state index is 10.9. The third-order valence-corrected chi connectivity index (χ3v) is 5.15. The third-order valence-electron chi connectivity index (χ3n) is 5.15. The molecule has 0 unspecified atom stereocenters. The number of imidazole rings is 1. The zero-order valence-corrected chi connectivity index (χ0v) is 17.1. The number of hydrogen-bond acceptors (Lipinski definition) is 5. The van der Waals surface area contributed by atoms with Crippen molar-refractivity contribution in [2.75, 3.05) is 19.5 Å². The van der Waals surface area contributed by atoms with Crippen LogP contribution in [-0.4, -0.2) is 23.2 Å². The highest BCUT2D eigenvalue weighted by Gasteiger charge is 2.21. The monoisotopic (exact) mass is 419 g/mol. The number of ether oxygens (including phenoxy) is 2. The standard InChI is InChI=1S/C23H22N4O4/c1-30-19-10-12-20(13-11-19)31-15-14-25-21-4-2-3-5-22(21)26(23(25)24)16-17-6-8-18(9-7-17)27(28)29/h2-13,24H,14-16H2,1H3/p+1. The fourth-order valence-electron chi connectivity index (χ4n) is 3.55. The number of nitrogens with two attached hydrogens (primary N) is 1. The summed E-state index contributed by atoms with van der Waals surface area (Å²) in [5, 5.41) is 10.9. The smallest absolute Gasteiger partial charge is 0.356 e. The molecule has 8 heteroatoms. The minimum absolute atomic E-state index is 0.0693. The van der Waals surface area contributed by atoms with Crippen molar-refractivity contribution < 1.29 is 19.0 Å². The topological polar surface area (TPSA) is 96.4 Å². The van der Waals surface area contributed by atoms with E-state index in [4.69, 9.17) is 15.2 Å². The second-order valence-electron chi connectivity index (χ2n) is 7.03. The molecule has 31 heavy (non-hydrogen) atoms. The van der Waals surface area contributed by atoms with E-state index in [0.29, 0.717) is 25.6 Å². The molecule has 2 N–H and O–H groups in total. The largest absolute Gasteiger partial charge is 0.497 e. The Morgan fingerprint density at radius 1 is 1.00 bits per heavy atom. The molecule has 1 heterocycles. The van der Waals surface area contributed by atoms with Crippen LogP contribution >= 0.6 is 0 Å². The van der Waals surface area contributed by atoms with Gasteiger partial charge in [-0.2, -0.15) is 0 Å². The van der Waals surface area contributed by atoms with E-state index in [1.807, 2.05) is 57.7 Å². The fourth-order valence-corrected chi connectivity index (χ4v) is 3.55. The van der Waals surface area contributed by atoms with Gasteiger partial charge in [0.15, 0.2) is 0 Å². The van der Waals surface area contributed by atoms with Gasteiger partial charge in [0, 0.05) is 12.1 Å². The van der Waals surface area contributed by atoms with E-state index in [1.165, 1.54) is 12.1 Å². The van der Waals surface area contributed by atoms with Crippen molar-refractivity contribution in [1.82, 2.24) is 4.57 Å². The maximum absolute atomic E-state index is 10.9. The van der Waals surface area contributed by atoms with Gasteiger partial charge in [-0.15, -0.1) is 0 Å². The molecule has 0 bridgehead atoms. The number of nitrogen functional groups attached to an aromatic ring is 1. The number of para-hydroxylation sites is 2. The van der Waals surface area contributed by atoms with E-state index in [0.717, 1.165) is 28.1 Å². The first-order valence-electron chi connectivity index (χ1n) is 9.83. The van der Waals surface area contributed by atoms with Crippen LogP contribution in [0, 0.1) is 10.1 Å². The number of non-ortho nitro benzene ring substituents is 1. The molecule has 0 spiro atoms. The minimum Gasteiger partial charge on any atom is -0.497 e. The minimum atomic E-state index is -0.403. The Morgan fingerprint density at radius 3 is 2.35 bits per heavy atom. The zero-order valence-electron chi connectivity index (χ0n) is 17.1. The van der Waals surface area contributed by atoms with Gasteiger partial charge in [-0.25, -0.2) is 9.13 Å². The van der Waals surface area contributed by atoms with Gasteiger partial charge >= 0.3 is 5.95 Å². The summed E-state index contributed by atoms with van der Waals surface area (Å²) in [6.45, 7) is 1.54. The molecule has 0 aliphatic heterocycles. The first-order chi connectivity index (χ1) is 15.1. The molecular weight excluding hydrogens is 396 g/mol. The van der Waals surface area contributed by atoms with Crippen molar-refractivity contribution in [3.8, 4) is 11.5 Å². The summed E-state index contributed by atoms with van der Waals surface area (Å²) in [7, 11) is 1.63. The fraction of sp³-hybridized carbons (Fsp3) is 0.174. The van der Waals surface area contributed by atoms with Crippen LogP contribution in [-0.2, 0) is 13.1 Å². The lowest BCUT2D eigenvalue weighted by atomic mass is 10.2. The van der Waals surface area contributed by atoms with Crippen LogP contribution in [0.5, 0.6) is 11.5 Å². The van der Waals surface area contributed by atoms with Crippen LogP contribution in [0.3, 0.4) is 0 Å². The first kappa shape index (κ1) is 20.2. The van der Waals surface area contributed by atoms with Crippen LogP contribution in [0.2, 0.25) is 0 Å². The summed E-state index contributed by atoms with van der Waals surface area (Å²) in [4.78, 5) is 10.5. The number of aromatic nitrogens is 2. The number of nitro benzene ring substituents is 1. The number of methoxy groups -OCH3 is 1. The quantitative estimate of drug-likeness (QED) is 0.268. The van der Waals surface area contributed by atoms with Crippen LogP contribution in [0.15, 0.2) is 72.8 Å². The van der Waals surface area contributed by atoms with E-state index in [2.05, 4.69) is 0 Å². The second-order valence-corrected chi connectivity index (χ2v) is 7.03. The van der Waals surface area contributed by atoms with Crippen LogP contribution < -0.4 is 19.8 Å². The SMILES string of the molecule is COc1ccc(OCCn2c(N)[n+](Cc3ccc([N+](=O)[O-])cc3)c3ccccc32)cc1. The molecule has 0 saturated heterocycles. The normalized spacial score (nSPS) is 10.9. The summed E-state index contributed by atoms with van der Waals surface area (Å²) in [6.07, 6.45) is 0. The van der Waals surface area contributed by atoms with Crippen LogP contribution in [0.4, 0.5) is 11.6 Å². The molecule has 0 aliphatic rings. The molecule has 0 amide bonds. The number of nitro groups is 1. The van der Waals surface area contributed by atoms with Crippen molar-refractivity contribution in [1.29, 1.82) is 0 Å². The highest BCUT2D eigenvalue weighted by molar-refractivity contribution is 5.73. The van der Waals surface area contributed by atoms with Crippen LogP contribution in [0.25, 0.3) is 11.0 Å². The van der Waals surface area contributed by atoms with Gasteiger partial charge in [-0.1, -0.05) is 12.1 Å². The van der Waals surface area contributed by atoms with Gasteiger partial charge in [-0.3, -0.25) is 15.8 Å². The average molecular weight is 419 g/mol. The van der Waals surface area contributed by atoms with Gasteiger partial charge in [-0.05, 0) is 54.1 Å². The molecule has 158 valence electrons. The van der Waals surface area contributed by atoms with Gasteiger partial charge in [0.05, 0.1) is 18.6 Å². The predicted octanol–water partition coefficient (Wildman–Crippen LogP) is 3.56. The molecular formula is C23H23N4O4+. The van der Waals surface area contributed by atoms with Gasteiger partial charge in [0.1, 0.15) is 35.7 Å². The van der Waals surface area contributed by atoms with Crippen molar-refractivity contribution in [2.24, 2.45) is 0 Å². The lowest BCUT2D eigenvalue weighted by molar-refractivity contribution is -0.648. The Morgan fingerprint density at radius 2 is 1.68 bits per heavy atom. The van der Waals surface area contributed by atoms with Crippen molar-refractivity contribution in [3.05, 3.63) is 88.5 Å². The second kappa shape index (κ2) is 8.74. The number of anilines is 1. The molecule has 3 aromatic carbocycles. The molecule has 1 aromatic heterocycles. The van der Waals surface area contributed by atoms with E-state index in [1.54, 1.807) is 19.2 Å². The number of rotatable bonds is 8. The summed E-state index contributed by atoms with van der Waals surface area (Å²) in [5.74, 6) is 2.13. The van der Waals surface area contributed by atoms with E-state index >= 15 is 0 Å². The molecule has 0 saturated carbocycles. The molecule has 4 rings (SSSR count). The van der Waals surface area contributed by atoms with E-state index in [-0.39, 0.29) is 5.69 Å². The summed E-state index contributed by atoms with van der Waals surface area (Å²) in [6, 6.07) is 21.9. The molecule has 8 nitrogen and oxygen atoms in total. The summed E-state index contributed by atoms with van der Waals surface area (Å²) in [5.41, 5.74) is 9.49. The maximum Gasteiger partial charge on any atom is 0.356 e. The van der Waals surface area contributed by atoms with Crippen molar-refractivity contribution >= 4 is 22.7 Å². The Labute approximate surface area is 179 Å². The third kappa shape index (κ3) is 4.28. The number of nitrogens with zero attached hydrogens (tertiary/aromatic N) is 3. The lowest BCUT2D eigenvalue weighted by Gasteiger charge is -2.07. The highest BCUT2D eigenvalue weighted by atomic mass is 16.6. The predicted molar refractivity (Wildman–Crippen MR) is 117 cm³/mol. The van der Waals surface area contributed by atoms with Gasteiger partial charge in [0.25, 0.3) is 5.69 Å². The number of fused-ring (bicyclic) bond motifs is 1. The first-order valence-corrected chi connectivity index (χ1v) is 9.83. The van der Waals surface area contributed by atoms with Gasteiger partial charge < -0.3 is 9.47 Å². The Bertz CT molecular complexity index is 1200. The molecule has 0 aliphatic carbocycles. The van der Waals surface area contributed by atoms with Crippen LogP contribution in [0.1, 0.15) is 5.56 Å².